The van der Waals surface area contributed by atoms with Crippen molar-refractivity contribution in [1.82, 2.24) is 5.43 Å². The van der Waals surface area contributed by atoms with Crippen LogP contribution in [0.15, 0.2) is 53.6 Å². The van der Waals surface area contributed by atoms with Crippen molar-refractivity contribution in [2.24, 2.45) is 5.10 Å². The Balaban J connectivity index is 1.43. The molecule has 0 bridgehead atoms. The quantitative estimate of drug-likeness (QED) is 0.578. The minimum atomic E-state index is -0.216. The second kappa shape index (κ2) is 9.59. The van der Waals surface area contributed by atoms with E-state index in [-0.39, 0.29) is 12.5 Å². The predicted molar refractivity (Wildman–Crippen MR) is 107 cm³/mol. The molecule has 0 spiro atoms. The molecule has 7 nitrogen and oxygen atoms in total. The molecular weight excluding hydrogens is 344 g/mol. The highest BCUT2D eigenvalue weighted by molar-refractivity contribution is 5.84. The normalized spacial score (nSPS) is 14.2. The highest BCUT2D eigenvalue weighted by atomic mass is 16.5. The van der Waals surface area contributed by atoms with Crippen LogP contribution in [0.25, 0.3) is 0 Å². The van der Waals surface area contributed by atoms with E-state index in [1.165, 1.54) is 5.69 Å². The fourth-order valence-corrected chi connectivity index (χ4v) is 2.70. The van der Waals surface area contributed by atoms with Crippen LogP contribution in [0.3, 0.4) is 0 Å². The number of benzene rings is 2. The third-order valence-electron chi connectivity index (χ3n) is 4.22. The van der Waals surface area contributed by atoms with E-state index in [0.29, 0.717) is 0 Å². The van der Waals surface area contributed by atoms with Gasteiger partial charge < -0.3 is 19.7 Å². The fourth-order valence-electron chi connectivity index (χ4n) is 2.70. The molecule has 0 aliphatic carbocycles. The zero-order valence-corrected chi connectivity index (χ0v) is 15.4. The number of amides is 1. The van der Waals surface area contributed by atoms with Gasteiger partial charge in [0.15, 0.2) is 0 Å². The van der Waals surface area contributed by atoms with Gasteiger partial charge in [-0.1, -0.05) is 12.1 Å². The van der Waals surface area contributed by atoms with E-state index in [1.54, 1.807) is 13.3 Å². The molecule has 1 saturated heterocycles. The minimum absolute atomic E-state index is 0.139. The summed E-state index contributed by atoms with van der Waals surface area (Å²) in [4.78, 5) is 14.1. The highest BCUT2D eigenvalue weighted by Gasteiger charge is 2.10. The number of ether oxygens (including phenoxy) is 2. The lowest BCUT2D eigenvalue weighted by atomic mass is 10.2. The molecule has 1 aliphatic heterocycles. The van der Waals surface area contributed by atoms with Crippen molar-refractivity contribution < 1.29 is 14.3 Å². The molecule has 1 fully saturated rings. The number of rotatable bonds is 7. The molecule has 2 aromatic carbocycles. The minimum Gasteiger partial charge on any atom is -0.497 e. The molecule has 7 heteroatoms. The van der Waals surface area contributed by atoms with Crippen LogP contribution < -0.4 is 20.4 Å². The summed E-state index contributed by atoms with van der Waals surface area (Å²) in [5, 5.41) is 7.04. The monoisotopic (exact) mass is 368 g/mol. The first-order valence-corrected chi connectivity index (χ1v) is 8.87. The summed E-state index contributed by atoms with van der Waals surface area (Å²) >= 11 is 0. The molecule has 2 N–H and O–H groups in total. The second-order valence-corrected chi connectivity index (χ2v) is 6.07. The molecule has 0 atom stereocenters. The summed E-state index contributed by atoms with van der Waals surface area (Å²) in [5.74, 6) is 0.557. The number of anilines is 2. The Bertz CT molecular complexity index is 754. The predicted octanol–water partition coefficient (Wildman–Crippen LogP) is 2.09. The number of carbonyl (C=O) groups excluding carboxylic acids is 1. The van der Waals surface area contributed by atoms with E-state index in [2.05, 4.69) is 32.9 Å². The Morgan fingerprint density at radius 1 is 1.15 bits per heavy atom. The molecular formula is C20H24N4O3. The van der Waals surface area contributed by atoms with Gasteiger partial charge in [0.25, 0.3) is 5.91 Å². The summed E-state index contributed by atoms with van der Waals surface area (Å²) in [6.07, 6.45) is 1.63. The zero-order chi connectivity index (χ0) is 18.9. The Kier molecular flexibility index (Phi) is 6.65. The number of hydrogen-bond acceptors (Lipinski definition) is 6. The van der Waals surface area contributed by atoms with Crippen molar-refractivity contribution in [2.75, 3.05) is 50.2 Å². The summed E-state index contributed by atoms with van der Waals surface area (Å²) in [7, 11) is 1.62. The molecule has 1 amide bonds. The molecule has 3 rings (SSSR count). The molecule has 0 saturated carbocycles. The maximum atomic E-state index is 11.9. The fraction of sp³-hybridized carbons (Fsp3) is 0.300. The lowest BCUT2D eigenvalue weighted by Gasteiger charge is -2.28. The third kappa shape index (κ3) is 5.72. The number of morpholine rings is 1. The lowest BCUT2D eigenvalue weighted by Crippen LogP contribution is -2.36. The van der Waals surface area contributed by atoms with Gasteiger partial charge in [-0.25, -0.2) is 5.43 Å². The van der Waals surface area contributed by atoms with Crippen LogP contribution >= 0.6 is 0 Å². The van der Waals surface area contributed by atoms with Gasteiger partial charge in [0.2, 0.25) is 0 Å². The van der Waals surface area contributed by atoms with Crippen LogP contribution in [0.4, 0.5) is 11.4 Å². The SMILES string of the molecule is COc1ccc(NCC(=O)N/N=C\c2ccc(N3CCOCC3)cc2)cc1. The van der Waals surface area contributed by atoms with Crippen molar-refractivity contribution in [3.8, 4) is 5.75 Å². The van der Waals surface area contributed by atoms with E-state index in [9.17, 15) is 4.79 Å². The van der Waals surface area contributed by atoms with E-state index in [0.717, 1.165) is 43.3 Å². The standard InChI is InChI=1S/C20H24N4O3/c1-26-19-8-4-17(5-9-19)21-15-20(25)23-22-14-16-2-6-18(7-3-16)24-10-12-27-13-11-24/h2-9,14,21H,10-13,15H2,1H3,(H,23,25)/b22-14-. The molecule has 27 heavy (non-hydrogen) atoms. The molecule has 0 unspecified atom stereocenters. The van der Waals surface area contributed by atoms with Gasteiger partial charge in [0.05, 0.1) is 33.1 Å². The van der Waals surface area contributed by atoms with Crippen molar-refractivity contribution in [2.45, 2.75) is 0 Å². The van der Waals surface area contributed by atoms with Crippen LogP contribution in [-0.4, -0.2) is 52.1 Å². The average Bonchev–Trinajstić information content (AvgIpc) is 2.74. The van der Waals surface area contributed by atoms with Gasteiger partial charge >= 0.3 is 0 Å². The van der Waals surface area contributed by atoms with Crippen LogP contribution in [0.1, 0.15) is 5.56 Å². The number of hydrogen-bond donors (Lipinski definition) is 2. The first kappa shape index (κ1) is 18.7. The largest absolute Gasteiger partial charge is 0.497 e. The Hall–Kier alpha value is -3.06. The Labute approximate surface area is 159 Å². The van der Waals surface area contributed by atoms with Gasteiger partial charge in [-0.05, 0) is 42.0 Å². The van der Waals surface area contributed by atoms with Gasteiger partial charge in [-0.15, -0.1) is 0 Å². The molecule has 142 valence electrons. The van der Waals surface area contributed by atoms with Gasteiger partial charge in [-0.3, -0.25) is 4.79 Å². The second-order valence-electron chi connectivity index (χ2n) is 6.07. The van der Waals surface area contributed by atoms with E-state index < -0.39 is 0 Å². The van der Waals surface area contributed by atoms with E-state index in [4.69, 9.17) is 9.47 Å². The first-order chi connectivity index (χ1) is 13.2. The summed E-state index contributed by atoms with van der Waals surface area (Å²) in [6.45, 7) is 3.48. The van der Waals surface area contributed by atoms with Crippen molar-refractivity contribution in [1.29, 1.82) is 0 Å². The first-order valence-electron chi connectivity index (χ1n) is 8.87. The maximum Gasteiger partial charge on any atom is 0.259 e. The van der Waals surface area contributed by atoms with E-state index >= 15 is 0 Å². The number of nitrogens with one attached hydrogen (secondary N) is 2. The third-order valence-corrected chi connectivity index (χ3v) is 4.22. The topological polar surface area (TPSA) is 75.2 Å². The summed E-state index contributed by atoms with van der Waals surface area (Å²) in [5.41, 5.74) is 5.46. The summed E-state index contributed by atoms with van der Waals surface area (Å²) in [6, 6.07) is 15.4. The van der Waals surface area contributed by atoms with Crippen LogP contribution in [0.5, 0.6) is 5.75 Å². The van der Waals surface area contributed by atoms with Gasteiger partial charge in [0.1, 0.15) is 5.75 Å². The van der Waals surface area contributed by atoms with E-state index in [1.807, 2.05) is 36.4 Å². The Morgan fingerprint density at radius 3 is 2.52 bits per heavy atom. The van der Waals surface area contributed by atoms with Crippen molar-refractivity contribution in [3.05, 3.63) is 54.1 Å². The van der Waals surface area contributed by atoms with Gasteiger partial charge in [-0.2, -0.15) is 5.10 Å². The maximum absolute atomic E-state index is 11.9. The zero-order valence-electron chi connectivity index (χ0n) is 15.4. The molecule has 0 aromatic heterocycles. The number of methoxy groups -OCH3 is 1. The van der Waals surface area contributed by atoms with Gasteiger partial charge in [0, 0.05) is 24.5 Å². The summed E-state index contributed by atoms with van der Waals surface area (Å²) < 4.78 is 10.5. The van der Waals surface area contributed by atoms with Crippen molar-refractivity contribution >= 4 is 23.5 Å². The number of hydrazone groups is 1. The van der Waals surface area contributed by atoms with Crippen LogP contribution in [0, 0.1) is 0 Å². The van der Waals surface area contributed by atoms with Crippen LogP contribution in [0.2, 0.25) is 0 Å². The molecule has 2 aromatic rings. The molecule has 1 aliphatic rings. The van der Waals surface area contributed by atoms with Crippen LogP contribution in [-0.2, 0) is 9.53 Å². The number of carbonyl (C=O) groups is 1. The van der Waals surface area contributed by atoms with Crippen molar-refractivity contribution in [3.63, 3.8) is 0 Å². The number of nitrogens with zero attached hydrogens (tertiary/aromatic N) is 2. The molecule has 0 radical (unpaired) electrons. The highest BCUT2D eigenvalue weighted by Crippen LogP contribution is 2.16. The molecule has 1 heterocycles. The smallest absolute Gasteiger partial charge is 0.259 e. The lowest BCUT2D eigenvalue weighted by molar-refractivity contribution is -0.119. The average molecular weight is 368 g/mol. The Morgan fingerprint density at radius 2 is 1.85 bits per heavy atom.